The van der Waals surface area contributed by atoms with Crippen LogP contribution in [0.5, 0.6) is 0 Å². The van der Waals surface area contributed by atoms with Crippen LogP contribution in [0.2, 0.25) is 0 Å². The number of hydrogen-bond acceptors (Lipinski definition) is 3. The van der Waals surface area contributed by atoms with Crippen LogP contribution in [0.15, 0.2) is 0 Å². The summed E-state index contributed by atoms with van der Waals surface area (Å²) in [5.41, 5.74) is -1.66. The normalized spacial score (nSPS) is 21.5. The van der Waals surface area contributed by atoms with Crippen molar-refractivity contribution in [2.75, 3.05) is 19.6 Å². The van der Waals surface area contributed by atoms with Crippen LogP contribution in [0.3, 0.4) is 0 Å². The molecule has 0 spiro atoms. The fraction of sp³-hybridized carbons (Fsp3) is 0.933. The Bertz CT molecular complexity index is 321. The quantitative estimate of drug-likeness (QED) is 0.867. The number of alkyl halides is 1. The molecule has 1 rings (SSSR count). The van der Waals surface area contributed by atoms with Crippen LogP contribution in [-0.4, -0.2) is 47.9 Å². The highest BCUT2D eigenvalue weighted by Crippen LogP contribution is 2.16. The van der Waals surface area contributed by atoms with Gasteiger partial charge in [0.15, 0.2) is 0 Å². The van der Waals surface area contributed by atoms with Gasteiger partial charge in [-0.3, -0.25) is 0 Å². The summed E-state index contributed by atoms with van der Waals surface area (Å²) in [4.78, 5) is 13.8. The molecule has 1 fully saturated rings. The monoisotopic (exact) mass is 288 g/mol. The molecule has 1 atom stereocenters. The molecule has 0 aromatic rings. The van der Waals surface area contributed by atoms with Crippen molar-refractivity contribution in [1.29, 1.82) is 0 Å². The van der Waals surface area contributed by atoms with E-state index >= 15 is 0 Å². The average molecular weight is 288 g/mol. The summed E-state index contributed by atoms with van der Waals surface area (Å²) < 4.78 is 18.9. The summed E-state index contributed by atoms with van der Waals surface area (Å²) in [6.45, 7) is 10.5. The van der Waals surface area contributed by atoms with E-state index < -0.39 is 11.3 Å². The second kappa shape index (κ2) is 6.74. The number of hydrogen-bond donors (Lipinski definition) is 1. The van der Waals surface area contributed by atoms with E-state index in [1.54, 1.807) is 18.7 Å². The van der Waals surface area contributed by atoms with E-state index in [2.05, 4.69) is 5.32 Å². The molecular formula is C15H29FN2O2. The van der Waals surface area contributed by atoms with Gasteiger partial charge in [-0.2, -0.15) is 0 Å². The first-order chi connectivity index (χ1) is 9.07. The second-order valence-electron chi connectivity index (χ2n) is 7.19. The summed E-state index contributed by atoms with van der Waals surface area (Å²) in [5.74, 6) is 0. The number of halogens is 1. The van der Waals surface area contributed by atoms with Crippen LogP contribution in [0.25, 0.3) is 0 Å². The lowest BCUT2D eigenvalue weighted by Crippen LogP contribution is -2.40. The van der Waals surface area contributed by atoms with E-state index in [1.165, 1.54) is 0 Å². The maximum absolute atomic E-state index is 13.5. The van der Waals surface area contributed by atoms with Crippen LogP contribution >= 0.6 is 0 Å². The van der Waals surface area contributed by atoms with Gasteiger partial charge in [-0.15, -0.1) is 0 Å². The van der Waals surface area contributed by atoms with Crippen molar-refractivity contribution < 1.29 is 13.9 Å². The van der Waals surface area contributed by atoms with Crippen molar-refractivity contribution in [3.8, 4) is 0 Å². The van der Waals surface area contributed by atoms with Gasteiger partial charge in [0.2, 0.25) is 0 Å². The number of nitrogens with one attached hydrogen (secondary N) is 1. The fourth-order valence-electron chi connectivity index (χ4n) is 2.20. The zero-order valence-electron chi connectivity index (χ0n) is 13.5. The Balaban J connectivity index is 2.41. The molecule has 118 valence electrons. The molecule has 0 aliphatic carbocycles. The predicted octanol–water partition coefficient (Wildman–Crippen LogP) is 3.11. The molecule has 1 aliphatic rings. The fourth-order valence-corrected chi connectivity index (χ4v) is 2.20. The molecule has 1 N–H and O–H groups in total. The lowest BCUT2D eigenvalue weighted by molar-refractivity contribution is 0.0255. The van der Waals surface area contributed by atoms with Gasteiger partial charge >= 0.3 is 6.09 Å². The Kier molecular flexibility index (Phi) is 5.80. The molecule has 0 saturated carbocycles. The maximum atomic E-state index is 13.5. The highest BCUT2D eigenvalue weighted by atomic mass is 19.1. The number of ether oxygens (including phenoxy) is 1. The topological polar surface area (TPSA) is 41.6 Å². The summed E-state index contributed by atoms with van der Waals surface area (Å²) in [6, 6.07) is 0.275. The highest BCUT2D eigenvalue weighted by Gasteiger charge is 2.26. The van der Waals surface area contributed by atoms with Crippen LogP contribution in [0.1, 0.15) is 53.9 Å². The minimum atomic E-state index is -1.20. The lowest BCUT2D eigenvalue weighted by atomic mass is 10.1. The first-order valence-electron chi connectivity index (χ1n) is 7.47. The first-order valence-corrected chi connectivity index (χ1v) is 7.47. The molecule has 0 aromatic carbocycles. The van der Waals surface area contributed by atoms with Gasteiger partial charge < -0.3 is 15.0 Å². The molecule has 0 aromatic heterocycles. The van der Waals surface area contributed by atoms with Crippen molar-refractivity contribution in [2.45, 2.75) is 71.2 Å². The van der Waals surface area contributed by atoms with Crippen molar-refractivity contribution in [2.24, 2.45) is 0 Å². The Morgan fingerprint density at radius 1 is 1.25 bits per heavy atom. The van der Waals surface area contributed by atoms with Gasteiger partial charge in [0.05, 0.1) is 0 Å². The molecule has 1 amide bonds. The van der Waals surface area contributed by atoms with E-state index in [-0.39, 0.29) is 12.1 Å². The standard InChI is InChI=1S/C15H29FN2O2/c1-14(2,3)20-13(19)18-9-6-7-12(8-10-18)17-11-15(4,5)16/h12,17H,6-11H2,1-5H3. The molecule has 1 heterocycles. The molecule has 20 heavy (non-hydrogen) atoms. The third-order valence-corrected chi connectivity index (χ3v) is 3.19. The zero-order chi connectivity index (χ0) is 15.4. The predicted molar refractivity (Wildman–Crippen MR) is 78.6 cm³/mol. The third kappa shape index (κ3) is 7.08. The average Bonchev–Trinajstić information content (AvgIpc) is 2.48. The van der Waals surface area contributed by atoms with Gasteiger partial charge in [0.25, 0.3) is 0 Å². The van der Waals surface area contributed by atoms with E-state index in [0.717, 1.165) is 19.3 Å². The van der Waals surface area contributed by atoms with Crippen LogP contribution in [-0.2, 0) is 4.74 Å². The maximum Gasteiger partial charge on any atom is 0.410 e. The van der Waals surface area contributed by atoms with Gasteiger partial charge in [0.1, 0.15) is 11.3 Å². The Hall–Kier alpha value is -0.840. The summed E-state index contributed by atoms with van der Waals surface area (Å²) in [5, 5.41) is 3.26. The Morgan fingerprint density at radius 2 is 1.90 bits per heavy atom. The van der Waals surface area contributed by atoms with Crippen molar-refractivity contribution in [3.63, 3.8) is 0 Å². The number of likely N-dealkylation sites (tertiary alicyclic amines) is 1. The lowest BCUT2D eigenvalue weighted by Gasteiger charge is -2.26. The number of amides is 1. The van der Waals surface area contributed by atoms with Gasteiger partial charge in [-0.05, 0) is 53.9 Å². The van der Waals surface area contributed by atoms with Gasteiger partial charge in [0, 0.05) is 25.7 Å². The van der Waals surface area contributed by atoms with Crippen molar-refractivity contribution in [1.82, 2.24) is 10.2 Å². The molecule has 1 saturated heterocycles. The summed E-state index contributed by atoms with van der Waals surface area (Å²) in [6.07, 6.45) is 2.48. The molecule has 1 unspecified atom stereocenters. The SMILES string of the molecule is CC(C)(F)CNC1CCCN(C(=O)OC(C)(C)C)CC1. The smallest absolute Gasteiger partial charge is 0.410 e. The van der Waals surface area contributed by atoms with Crippen LogP contribution < -0.4 is 5.32 Å². The minimum Gasteiger partial charge on any atom is -0.444 e. The van der Waals surface area contributed by atoms with Gasteiger partial charge in [-0.1, -0.05) is 0 Å². The highest BCUT2D eigenvalue weighted by molar-refractivity contribution is 5.68. The zero-order valence-corrected chi connectivity index (χ0v) is 13.5. The third-order valence-electron chi connectivity index (χ3n) is 3.19. The van der Waals surface area contributed by atoms with E-state index in [0.29, 0.717) is 19.6 Å². The second-order valence-corrected chi connectivity index (χ2v) is 7.19. The van der Waals surface area contributed by atoms with Crippen molar-refractivity contribution in [3.05, 3.63) is 0 Å². The molecule has 1 aliphatic heterocycles. The number of rotatable bonds is 3. The summed E-state index contributed by atoms with van der Waals surface area (Å²) in [7, 11) is 0. The number of nitrogens with zero attached hydrogens (tertiary/aromatic N) is 1. The Morgan fingerprint density at radius 3 is 2.45 bits per heavy atom. The van der Waals surface area contributed by atoms with Crippen LogP contribution in [0.4, 0.5) is 9.18 Å². The molecule has 0 radical (unpaired) electrons. The van der Waals surface area contributed by atoms with E-state index in [9.17, 15) is 9.18 Å². The first kappa shape index (κ1) is 17.2. The van der Waals surface area contributed by atoms with Gasteiger partial charge in [-0.25, -0.2) is 9.18 Å². The van der Waals surface area contributed by atoms with Crippen LogP contribution in [0, 0.1) is 0 Å². The number of carbonyl (C=O) groups is 1. The molecule has 4 nitrogen and oxygen atoms in total. The van der Waals surface area contributed by atoms with E-state index in [1.807, 2.05) is 20.8 Å². The largest absolute Gasteiger partial charge is 0.444 e. The number of carbonyl (C=O) groups excluding carboxylic acids is 1. The summed E-state index contributed by atoms with van der Waals surface area (Å²) >= 11 is 0. The van der Waals surface area contributed by atoms with Crippen molar-refractivity contribution >= 4 is 6.09 Å². The molecular weight excluding hydrogens is 259 g/mol. The Labute approximate surface area is 122 Å². The van der Waals surface area contributed by atoms with E-state index in [4.69, 9.17) is 4.74 Å². The molecule has 5 heteroatoms. The minimum absolute atomic E-state index is 0.246. The molecule has 0 bridgehead atoms.